The Bertz CT molecular complexity index is 501. The van der Waals surface area contributed by atoms with Crippen molar-refractivity contribution in [3.8, 4) is 0 Å². The number of anilines is 1. The van der Waals surface area contributed by atoms with Gasteiger partial charge in [0, 0.05) is 16.8 Å². The molecule has 4 nitrogen and oxygen atoms in total. The zero-order chi connectivity index (χ0) is 14.6. The van der Waals surface area contributed by atoms with Crippen LogP contribution in [-0.4, -0.2) is 24.6 Å². The second-order valence-electron chi connectivity index (χ2n) is 4.32. The molecule has 0 aliphatic rings. The Morgan fingerprint density at radius 3 is 2.53 bits per heavy atom. The van der Waals surface area contributed by atoms with Crippen molar-refractivity contribution in [1.82, 2.24) is 0 Å². The van der Waals surface area contributed by atoms with Gasteiger partial charge in [0.2, 0.25) is 0 Å². The number of carbonyl (C=O) groups is 2. The third-order valence-corrected chi connectivity index (χ3v) is 4.25. The summed E-state index contributed by atoms with van der Waals surface area (Å²) in [6, 6.07) is 4.98. The van der Waals surface area contributed by atoms with E-state index in [1.807, 2.05) is 6.26 Å². The van der Waals surface area contributed by atoms with Gasteiger partial charge in [-0.3, -0.25) is 9.59 Å². The quantitative estimate of drug-likeness (QED) is 0.510. The van der Waals surface area contributed by atoms with Crippen molar-refractivity contribution in [2.45, 2.75) is 25.5 Å². The Hall–Kier alpha value is -1.49. The first-order valence-corrected chi connectivity index (χ1v) is 7.22. The van der Waals surface area contributed by atoms with Crippen molar-refractivity contribution < 1.29 is 14.3 Å². The lowest BCUT2D eigenvalue weighted by molar-refractivity contribution is -0.145. The molecule has 0 bridgehead atoms. The van der Waals surface area contributed by atoms with Crippen molar-refractivity contribution >= 4 is 29.2 Å². The van der Waals surface area contributed by atoms with E-state index in [1.165, 1.54) is 18.7 Å². The molecule has 1 aromatic rings. The van der Waals surface area contributed by atoms with Crippen LogP contribution in [0, 0.1) is 0 Å². The number of nitrogens with two attached hydrogens (primary N) is 1. The molecule has 0 aliphatic heterocycles. The Morgan fingerprint density at radius 1 is 1.42 bits per heavy atom. The van der Waals surface area contributed by atoms with E-state index in [-0.39, 0.29) is 11.8 Å². The third-order valence-electron chi connectivity index (χ3n) is 3.05. The number of ketones is 1. The molecule has 104 valence electrons. The molecule has 1 unspecified atom stereocenters. The first-order chi connectivity index (χ1) is 8.86. The average Bonchev–Trinajstić information content (AvgIpc) is 2.38. The van der Waals surface area contributed by atoms with Crippen LogP contribution in [0.1, 0.15) is 36.7 Å². The Kier molecular flexibility index (Phi) is 5.00. The number of Topliss-reactive ketones (excluding diaryl/α,β-unsaturated/α-hetero) is 1. The topological polar surface area (TPSA) is 69.4 Å². The fourth-order valence-electron chi connectivity index (χ4n) is 1.76. The summed E-state index contributed by atoms with van der Waals surface area (Å²) in [7, 11) is 0. The van der Waals surface area contributed by atoms with Gasteiger partial charge in [0.25, 0.3) is 0 Å². The van der Waals surface area contributed by atoms with Gasteiger partial charge in [0.15, 0.2) is 5.78 Å². The molecule has 0 heterocycles. The summed E-state index contributed by atoms with van der Waals surface area (Å²) in [6.07, 6.45) is 1.82. The summed E-state index contributed by atoms with van der Waals surface area (Å²) in [4.78, 5) is 23.6. The summed E-state index contributed by atoms with van der Waals surface area (Å²) >= 11 is 1.34. The number of ether oxygens (including phenoxy) is 1. The highest BCUT2D eigenvalue weighted by molar-refractivity contribution is 8.00. The van der Waals surface area contributed by atoms with Crippen molar-refractivity contribution in [2.75, 3.05) is 18.6 Å². The van der Waals surface area contributed by atoms with Gasteiger partial charge in [-0.25, -0.2) is 0 Å². The first-order valence-electron chi connectivity index (χ1n) is 6.00. The van der Waals surface area contributed by atoms with Gasteiger partial charge in [-0.1, -0.05) is 0 Å². The molecule has 0 aromatic heterocycles. The molecule has 0 saturated heterocycles. The van der Waals surface area contributed by atoms with Crippen molar-refractivity contribution in [1.29, 1.82) is 0 Å². The number of thioether (sulfide) groups is 1. The van der Waals surface area contributed by atoms with Gasteiger partial charge >= 0.3 is 5.97 Å². The molecular formula is C14H19NO3S. The van der Waals surface area contributed by atoms with Crippen LogP contribution in [0.5, 0.6) is 0 Å². The molecule has 0 radical (unpaired) electrons. The number of esters is 1. The molecule has 5 heteroatoms. The number of rotatable bonds is 5. The van der Waals surface area contributed by atoms with Gasteiger partial charge in [0.1, 0.15) is 4.75 Å². The highest BCUT2D eigenvalue weighted by Crippen LogP contribution is 2.39. The number of nitrogen functional groups attached to an aromatic ring is 1. The van der Waals surface area contributed by atoms with Gasteiger partial charge in [-0.2, -0.15) is 0 Å². The van der Waals surface area contributed by atoms with Crippen LogP contribution in [0.4, 0.5) is 5.69 Å². The van der Waals surface area contributed by atoms with Crippen LogP contribution in [0.25, 0.3) is 0 Å². The number of carbonyl (C=O) groups excluding carboxylic acids is 2. The monoisotopic (exact) mass is 281 g/mol. The van der Waals surface area contributed by atoms with Crippen LogP contribution in [0.3, 0.4) is 0 Å². The number of hydrogen-bond donors (Lipinski definition) is 1. The molecule has 1 rings (SSSR count). The van der Waals surface area contributed by atoms with Crippen LogP contribution < -0.4 is 5.73 Å². The highest BCUT2D eigenvalue weighted by atomic mass is 32.2. The summed E-state index contributed by atoms with van der Waals surface area (Å²) in [5.41, 5.74) is 7.59. The van der Waals surface area contributed by atoms with Crippen LogP contribution in [0.2, 0.25) is 0 Å². The minimum Gasteiger partial charge on any atom is -0.465 e. The highest BCUT2D eigenvalue weighted by Gasteiger charge is 2.38. The Labute approximate surface area is 117 Å². The maximum atomic E-state index is 12.1. The lowest BCUT2D eigenvalue weighted by Crippen LogP contribution is -2.32. The fraction of sp³-hybridized carbons (Fsp3) is 0.429. The number of hydrogen-bond acceptors (Lipinski definition) is 5. The molecule has 0 saturated carbocycles. The van der Waals surface area contributed by atoms with E-state index < -0.39 is 4.75 Å². The van der Waals surface area contributed by atoms with Crippen molar-refractivity contribution in [2.24, 2.45) is 0 Å². The first kappa shape index (κ1) is 15.6. The van der Waals surface area contributed by atoms with E-state index in [2.05, 4.69) is 0 Å². The minimum absolute atomic E-state index is 0.0615. The molecule has 0 spiro atoms. The zero-order valence-electron chi connectivity index (χ0n) is 11.6. The minimum atomic E-state index is -0.911. The third kappa shape index (κ3) is 3.10. The van der Waals surface area contributed by atoms with Gasteiger partial charge in [-0.15, -0.1) is 11.8 Å². The van der Waals surface area contributed by atoms with Crippen LogP contribution in [0.15, 0.2) is 18.2 Å². The number of benzene rings is 1. The summed E-state index contributed by atoms with van der Waals surface area (Å²) in [5, 5.41) is 0. The summed E-state index contributed by atoms with van der Waals surface area (Å²) in [6.45, 7) is 5.30. The van der Waals surface area contributed by atoms with Crippen molar-refractivity contribution in [3.05, 3.63) is 29.3 Å². The van der Waals surface area contributed by atoms with Crippen LogP contribution in [-0.2, 0) is 14.3 Å². The predicted octanol–water partition coefficient (Wildman–Crippen LogP) is 2.61. The molecule has 0 fully saturated rings. The molecule has 1 atom stereocenters. The van der Waals surface area contributed by atoms with E-state index in [0.29, 0.717) is 23.4 Å². The summed E-state index contributed by atoms with van der Waals surface area (Å²) in [5.74, 6) is -0.413. The normalized spacial score (nSPS) is 13.7. The van der Waals surface area contributed by atoms with Gasteiger partial charge in [-0.05, 0) is 45.2 Å². The van der Waals surface area contributed by atoms with E-state index in [9.17, 15) is 9.59 Å². The second-order valence-corrected chi connectivity index (χ2v) is 5.54. The predicted molar refractivity (Wildman–Crippen MR) is 78.4 cm³/mol. The largest absolute Gasteiger partial charge is 0.465 e. The van der Waals surface area contributed by atoms with Crippen molar-refractivity contribution in [3.63, 3.8) is 0 Å². The van der Waals surface area contributed by atoms with Gasteiger partial charge in [0.05, 0.1) is 6.61 Å². The van der Waals surface area contributed by atoms with Crippen LogP contribution >= 0.6 is 11.8 Å². The Balaban J connectivity index is 3.35. The van der Waals surface area contributed by atoms with E-state index in [1.54, 1.807) is 32.0 Å². The van der Waals surface area contributed by atoms with E-state index in [4.69, 9.17) is 10.5 Å². The van der Waals surface area contributed by atoms with E-state index >= 15 is 0 Å². The SMILES string of the molecule is CCOC(=O)C(C)(SC)c1cc(C(C)=O)ccc1N. The molecule has 0 amide bonds. The lowest BCUT2D eigenvalue weighted by atomic mass is 9.95. The molecular weight excluding hydrogens is 262 g/mol. The standard InChI is InChI=1S/C14H19NO3S/c1-5-18-13(17)14(3,19-4)11-8-10(9(2)16)6-7-12(11)15/h6-8H,5,15H2,1-4H3. The maximum Gasteiger partial charge on any atom is 0.326 e. The fourth-order valence-corrected chi connectivity index (χ4v) is 2.38. The Morgan fingerprint density at radius 2 is 2.05 bits per heavy atom. The molecule has 0 aliphatic carbocycles. The maximum absolute atomic E-state index is 12.1. The lowest BCUT2D eigenvalue weighted by Gasteiger charge is -2.27. The molecule has 19 heavy (non-hydrogen) atoms. The average molecular weight is 281 g/mol. The smallest absolute Gasteiger partial charge is 0.326 e. The summed E-state index contributed by atoms with van der Waals surface area (Å²) < 4.78 is 4.20. The molecule has 1 aromatic carbocycles. The van der Waals surface area contributed by atoms with E-state index in [0.717, 1.165) is 0 Å². The van der Waals surface area contributed by atoms with Gasteiger partial charge < -0.3 is 10.5 Å². The second kappa shape index (κ2) is 6.10. The molecule has 2 N–H and O–H groups in total. The zero-order valence-corrected chi connectivity index (χ0v) is 12.5.